The zero-order valence-electron chi connectivity index (χ0n) is 9.75. The van der Waals surface area contributed by atoms with Crippen molar-refractivity contribution in [2.75, 3.05) is 6.61 Å². The minimum absolute atomic E-state index is 0.205. The Balaban J connectivity index is 2.39. The van der Waals surface area contributed by atoms with E-state index in [2.05, 4.69) is 0 Å². The standard InChI is InChI=1S/C13H13FO2S/c1-3-16-12(15)5-9-7-17-13-8(2)4-10(14)6-11(9)13/h4,6-7H,3,5H2,1-2H3. The van der Waals surface area contributed by atoms with E-state index >= 15 is 0 Å². The van der Waals surface area contributed by atoms with Gasteiger partial charge in [-0.2, -0.15) is 0 Å². The van der Waals surface area contributed by atoms with E-state index < -0.39 is 0 Å². The van der Waals surface area contributed by atoms with Gasteiger partial charge >= 0.3 is 5.97 Å². The van der Waals surface area contributed by atoms with Gasteiger partial charge in [0.1, 0.15) is 5.82 Å². The van der Waals surface area contributed by atoms with E-state index in [0.29, 0.717) is 6.61 Å². The van der Waals surface area contributed by atoms with Crippen LogP contribution in [0.3, 0.4) is 0 Å². The van der Waals surface area contributed by atoms with Crippen molar-refractivity contribution in [1.82, 2.24) is 0 Å². The van der Waals surface area contributed by atoms with Crippen LogP contribution in [-0.2, 0) is 16.0 Å². The summed E-state index contributed by atoms with van der Waals surface area (Å²) in [5, 5.41) is 2.72. The summed E-state index contributed by atoms with van der Waals surface area (Å²) < 4.78 is 19.3. The molecular formula is C13H13FO2S. The molecule has 0 saturated carbocycles. The van der Waals surface area contributed by atoms with Crippen LogP contribution in [0.1, 0.15) is 18.1 Å². The van der Waals surface area contributed by atoms with Crippen LogP contribution in [0, 0.1) is 12.7 Å². The van der Waals surface area contributed by atoms with Crippen molar-refractivity contribution < 1.29 is 13.9 Å². The minimum Gasteiger partial charge on any atom is -0.466 e. The van der Waals surface area contributed by atoms with Crippen LogP contribution in [0.25, 0.3) is 10.1 Å². The summed E-state index contributed by atoms with van der Waals surface area (Å²) in [7, 11) is 0. The van der Waals surface area contributed by atoms with Gasteiger partial charge in [0.15, 0.2) is 0 Å². The molecule has 1 aromatic heterocycles. The van der Waals surface area contributed by atoms with Gasteiger partial charge in [-0.1, -0.05) is 0 Å². The third-order valence-electron chi connectivity index (χ3n) is 2.54. The Morgan fingerprint density at radius 2 is 2.24 bits per heavy atom. The predicted molar refractivity (Wildman–Crippen MR) is 66.9 cm³/mol. The van der Waals surface area contributed by atoms with Crippen molar-refractivity contribution in [2.45, 2.75) is 20.3 Å². The molecule has 0 aliphatic heterocycles. The summed E-state index contributed by atoms with van der Waals surface area (Å²) in [4.78, 5) is 11.4. The number of benzene rings is 1. The molecule has 0 spiro atoms. The minimum atomic E-state index is -0.269. The molecule has 90 valence electrons. The van der Waals surface area contributed by atoms with Crippen LogP contribution in [0.2, 0.25) is 0 Å². The normalized spacial score (nSPS) is 10.8. The van der Waals surface area contributed by atoms with Crippen molar-refractivity contribution in [2.24, 2.45) is 0 Å². The lowest BCUT2D eigenvalue weighted by Gasteiger charge is -2.02. The van der Waals surface area contributed by atoms with Gasteiger partial charge in [0.25, 0.3) is 0 Å². The van der Waals surface area contributed by atoms with Crippen LogP contribution in [0.5, 0.6) is 0 Å². The first kappa shape index (κ1) is 12.0. The number of esters is 1. The molecule has 0 aliphatic rings. The van der Waals surface area contributed by atoms with Crippen LogP contribution in [0.4, 0.5) is 4.39 Å². The Morgan fingerprint density at radius 1 is 1.47 bits per heavy atom. The van der Waals surface area contributed by atoms with Crippen molar-refractivity contribution in [3.63, 3.8) is 0 Å². The number of carbonyl (C=O) groups excluding carboxylic acids is 1. The first-order valence-corrected chi connectivity index (χ1v) is 6.31. The highest BCUT2D eigenvalue weighted by molar-refractivity contribution is 7.17. The molecule has 1 heterocycles. The Kier molecular flexibility index (Phi) is 3.43. The average Bonchev–Trinajstić information content (AvgIpc) is 2.62. The number of carbonyl (C=O) groups is 1. The number of hydrogen-bond donors (Lipinski definition) is 0. The maximum atomic E-state index is 13.3. The smallest absolute Gasteiger partial charge is 0.310 e. The lowest BCUT2D eigenvalue weighted by molar-refractivity contribution is -0.142. The topological polar surface area (TPSA) is 26.3 Å². The Bertz CT molecular complexity index is 560. The fourth-order valence-electron chi connectivity index (χ4n) is 1.82. The number of fused-ring (bicyclic) bond motifs is 1. The number of rotatable bonds is 3. The number of thiophene rings is 1. The zero-order valence-corrected chi connectivity index (χ0v) is 10.6. The Morgan fingerprint density at radius 3 is 2.94 bits per heavy atom. The Labute approximate surface area is 103 Å². The van der Waals surface area contributed by atoms with Gasteiger partial charge in [0.05, 0.1) is 13.0 Å². The highest BCUT2D eigenvalue weighted by Crippen LogP contribution is 2.30. The first-order chi connectivity index (χ1) is 8.11. The predicted octanol–water partition coefficient (Wildman–Crippen LogP) is 3.45. The average molecular weight is 252 g/mol. The molecule has 2 aromatic rings. The summed E-state index contributed by atoms with van der Waals surface area (Å²) in [5.74, 6) is -0.535. The molecule has 0 radical (unpaired) electrons. The van der Waals surface area contributed by atoms with E-state index in [0.717, 1.165) is 21.2 Å². The van der Waals surface area contributed by atoms with E-state index in [-0.39, 0.29) is 18.2 Å². The van der Waals surface area contributed by atoms with Crippen molar-refractivity contribution in [1.29, 1.82) is 0 Å². The van der Waals surface area contributed by atoms with Gasteiger partial charge in [-0.05, 0) is 47.9 Å². The van der Waals surface area contributed by atoms with E-state index in [9.17, 15) is 9.18 Å². The highest BCUT2D eigenvalue weighted by Gasteiger charge is 2.12. The lowest BCUT2D eigenvalue weighted by atomic mass is 10.1. The molecule has 0 saturated heterocycles. The number of ether oxygens (including phenoxy) is 1. The summed E-state index contributed by atoms with van der Waals surface area (Å²) in [6, 6.07) is 2.99. The Hall–Kier alpha value is -1.42. The number of hydrogen-bond acceptors (Lipinski definition) is 3. The van der Waals surface area contributed by atoms with Crippen molar-refractivity contribution in [3.05, 3.63) is 34.5 Å². The molecule has 0 amide bonds. The van der Waals surface area contributed by atoms with E-state index in [1.807, 2.05) is 12.3 Å². The number of aryl methyl sites for hydroxylation is 1. The molecular weight excluding hydrogens is 239 g/mol. The molecule has 4 heteroatoms. The van der Waals surface area contributed by atoms with Crippen molar-refractivity contribution in [3.8, 4) is 0 Å². The van der Waals surface area contributed by atoms with Gasteiger partial charge in [-0.25, -0.2) is 4.39 Å². The van der Waals surface area contributed by atoms with E-state index in [1.165, 1.54) is 23.5 Å². The summed E-state index contributed by atoms with van der Waals surface area (Å²) in [6.45, 7) is 4.01. The molecule has 0 aliphatic carbocycles. The second-order valence-electron chi connectivity index (χ2n) is 3.84. The maximum absolute atomic E-state index is 13.3. The van der Waals surface area contributed by atoms with E-state index in [1.54, 1.807) is 6.92 Å². The first-order valence-electron chi connectivity index (χ1n) is 5.43. The summed E-state index contributed by atoms with van der Waals surface area (Å²) in [5.41, 5.74) is 1.74. The molecule has 0 bridgehead atoms. The van der Waals surface area contributed by atoms with Crippen LogP contribution in [-0.4, -0.2) is 12.6 Å². The highest BCUT2D eigenvalue weighted by atomic mass is 32.1. The summed E-state index contributed by atoms with van der Waals surface area (Å²) in [6.07, 6.45) is 0.205. The third-order valence-corrected chi connectivity index (χ3v) is 3.72. The van der Waals surface area contributed by atoms with Gasteiger partial charge in [0, 0.05) is 4.70 Å². The molecule has 0 N–H and O–H groups in total. The fourth-order valence-corrected chi connectivity index (χ4v) is 2.86. The van der Waals surface area contributed by atoms with Crippen LogP contribution in [0.15, 0.2) is 17.5 Å². The van der Waals surface area contributed by atoms with Crippen LogP contribution < -0.4 is 0 Å². The quantitative estimate of drug-likeness (QED) is 0.782. The molecule has 0 unspecified atom stereocenters. The second kappa shape index (κ2) is 4.84. The molecule has 2 rings (SSSR count). The molecule has 17 heavy (non-hydrogen) atoms. The fraction of sp³-hybridized carbons (Fsp3) is 0.308. The molecule has 0 fully saturated rings. The van der Waals surface area contributed by atoms with Gasteiger partial charge < -0.3 is 4.74 Å². The third kappa shape index (κ3) is 2.47. The monoisotopic (exact) mass is 252 g/mol. The van der Waals surface area contributed by atoms with Gasteiger partial charge in [0.2, 0.25) is 0 Å². The molecule has 2 nitrogen and oxygen atoms in total. The summed E-state index contributed by atoms with van der Waals surface area (Å²) >= 11 is 1.53. The van der Waals surface area contributed by atoms with Gasteiger partial charge in [-0.3, -0.25) is 4.79 Å². The molecule has 1 aromatic carbocycles. The lowest BCUT2D eigenvalue weighted by Crippen LogP contribution is -2.06. The van der Waals surface area contributed by atoms with E-state index in [4.69, 9.17) is 4.74 Å². The number of halogens is 1. The SMILES string of the molecule is CCOC(=O)Cc1csc2c(C)cc(F)cc12. The maximum Gasteiger partial charge on any atom is 0.310 e. The van der Waals surface area contributed by atoms with Crippen molar-refractivity contribution >= 4 is 27.4 Å². The van der Waals surface area contributed by atoms with Crippen LogP contribution >= 0.6 is 11.3 Å². The second-order valence-corrected chi connectivity index (χ2v) is 4.72. The zero-order chi connectivity index (χ0) is 12.4. The largest absolute Gasteiger partial charge is 0.466 e. The van der Waals surface area contributed by atoms with Gasteiger partial charge in [-0.15, -0.1) is 11.3 Å². The molecule has 0 atom stereocenters.